The van der Waals surface area contributed by atoms with E-state index in [4.69, 9.17) is 17.3 Å². The van der Waals surface area contributed by atoms with Gasteiger partial charge in [0.1, 0.15) is 5.82 Å². The summed E-state index contributed by atoms with van der Waals surface area (Å²) in [6.45, 7) is 4.05. The van der Waals surface area contributed by atoms with E-state index < -0.39 is 5.92 Å². The summed E-state index contributed by atoms with van der Waals surface area (Å²) in [5, 5.41) is 10.7. The molecule has 1 aliphatic carbocycles. The molecule has 4 rings (SSSR count). The van der Waals surface area contributed by atoms with Crippen molar-refractivity contribution in [1.82, 2.24) is 0 Å². The van der Waals surface area contributed by atoms with Crippen LogP contribution in [0.1, 0.15) is 41.9 Å². The zero-order valence-electron chi connectivity index (χ0n) is 16.5. The molecule has 0 spiro atoms. The Hall–Kier alpha value is -3.03. The molecule has 2 aromatic carbocycles. The van der Waals surface area contributed by atoms with Crippen molar-refractivity contribution < 1.29 is 4.79 Å². The average Bonchev–Trinajstić information content (AvgIpc) is 2.69. The highest BCUT2D eigenvalue weighted by Crippen LogP contribution is 2.47. The highest BCUT2D eigenvalue weighted by molar-refractivity contribution is 6.30. The zero-order valence-corrected chi connectivity index (χ0v) is 17.3. The van der Waals surface area contributed by atoms with Crippen LogP contribution in [0, 0.1) is 25.2 Å². The van der Waals surface area contributed by atoms with Gasteiger partial charge in [-0.05, 0) is 62.1 Å². The Labute approximate surface area is 175 Å². The van der Waals surface area contributed by atoms with Gasteiger partial charge in [-0.2, -0.15) is 5.26 Å². The Morgan fingerprint density at radius 3 is 2.52 bits per heavy atom. The average molecular weight is 404 g/mol. The molecule has 1 atom stereocenters. The second-order valence-electron chi connectivity index (χ2n) is 7.65. The van der Waals surface area contributed by atoms with Crippen LogP contribution in [0.15, 0.2) is 65.1 Å². The minimum absolute atomic E-state index is 0.0930. The second kappa shape index (κ2) is 7.42. The maximum Gasteiger partial charge on any atom is 0.161 e. The van der Waals surface area contributed by atoms with E-state index in [-0.39, 0.29) is 5.78 Å². The number of carbonyl (C=O) groups excluding carboxylic acids is 1. The van der Waals surface area contributed by atoms with Crippen molar-refractivity contribution >= 4 is 23.1 Å². The van der Waals surface area contributed by atoms with E-state index >= 15 is 0 Å². The van der Waals surface area contributed by atoms with Crippen LogP contribution in [0.4, 0.5) is 5.69 Å². The van der Waals surface area contributed by atoms with E-state index in [1.165, 1.54) is 0 Å². The fraction of sp³-hybridized carbons (Fsp3) is 0.250. The number of carbonyl (C=O) groups is 1. The third-order valence-corrected chi connectivity index (χ3v) is 5.99. The van der Waals surface area contributed by atoms with Gasteiger partial charge in [0, 0.05) is 28.4 Å². The lowest BCUT2D eigenvalue weighted by Crippen LogP contribution is -2.38. The fourth-order valence-corrected chi connectivity index (χ4v) is 4.56. The van der Waals surface area contributed by atoms with Crippen molar-refractivity contribution in [3.63, 3.8) is 0 Å². The summed E-state index contributed by atoms with van der Waals surface area (Å²) >= 11 is 6.06. The molecule has 4 nitrogen and oxygen atoms in total. The van der Waals surface area contributed by atoms with Gasteiger partial charge in [-0.15, -0.1) is 0 Å². The molecule has 29 heavy (non-hydrogen) atoms. The Balaban J connectivity index is 1.98. The number of halogens is 1. The molecule has 0 aromatic heterocycles. The summed E-state index contributed by atoms with van der Waals surface area (Å²) in [4.78, 5) is 15.0. The van der Waals surface area contributed by atoms with Crippen molar-refractivity contribution in [1.29, 1.82) is 5.26 Å². The van der Waals surface area contributed by atoms with Crippen molar-refractivity contribution in [2.24, 2.45) is 5.73 Å². The smallest absolute Gasteiger partial charge is 0.161 e. The van der Waals surface area contributed by atoms with E-state index in [2.05, 4.69) is 12.1 Å². The molecule has 0 radical (unpaired) electrons. The maximum absolute atomic E-state index is 13.1. The molecule has 1 heterocycles. The summed E-state index contributed by atoms with van der Waals surface area (Å²) < 4.78 is 0. The molecule has 2 N–H and O–H groups in total. The van der Waals surface area contributed by atoms with Crippen LogP contribution < -0.4 is 10.6 Å². The molecule has 0 fully saturated rings. The van der Waals surface area contributed by atoms with Crippen molar-refractivity contribution in [2.75, 3.05) is 4.90 Å². The Kier molecular flexibility index (Phi) is 4.94. The molecule has 0 amide bonds. The number of benzene rings is 2. The van der Waals surface area contributed by atoms with E-state index in [0.717, 1.165) is 40.9 Å². The van der Waals surface area contributed by atoms with Gasteiger partial charge >= 0.3 is 0 Å². The zero-order chi connectivity index (χ0) is 20.7. The van der Waals surface area contributed by atoms with Crippen molar-refractivity contribution in [3.8, 4) is 6.07 Å². The lowest BCUT2D eigenvalue weighted by Gasteiger charge is -2.40. The first kappa shape index (κ1) is 19.3. The van der Waals surface area contributed by atoms with Gasteiger partial charge in [0.2, 0.25) is 0 Å². The summed E-state index contributed by atoms with van der Waals surface area (Å²) in [6.07, 6.45) is 2.01. The number of allylic oxidation sites excluding steroid dienone is 3. The monoisotopic (exact) mass is 403 g/mol. The van der Waals surface area contributed by atoms with Gasteiger partial charge in [0.05, 0.1) is 17.6 Å². The predicted octanol–water partition coefficient (Wildman–Crippen LogP) is 5.26. The molecule has 1 aliphatic heterocycles. The molecule has 1 unspecified atom stereocenters. The largest absolute Gasteiger partial charge is 0.384 e. The Bertz CT molecular complexity index is 1110. The summed E-state index contributed by atoms with van der Waals surface area (Å²) in [5.74, 6) is 0.0515. The number of ketones is 1. The summed E-state index contributed by atoms with van der Waals surface area (Å²) in [6, 6.07) is 15.7. The second-order valence-corrected chi connectivity index (χ2v) is 8.09. The predicted molar refractivity (Wildman–Crippen MR) is 115 cm³/mol. The van der Waals surface area contributed by atoms with Gasteiger partial charge in [-0.25, -0.2) is 0 Å². The first-order valence-electron chi connectivity index (χ1n) is 9.71. The highest BCUT2D eigenvalue weighted by atomic mass is 35.5. The van der Waals surface area contributed by atoms with E-state index in [0.29, 0.717) is 28.4 Å². The maximum atomic E-state index is 13.1. The molecule has 2 aliphatic rings. The number of nitriles is 1. The standard InChI is InChI=1S/C24H22ClN3O/c1-14-6-11-18(15(2)12-14)22-19(13-26)24(27)28(17-9-7-16(25)8-10-17)20-4-3-5-21(29)23(20)22/h6-12,22H,3-5,27H2,1-2H3. The van der Waals surface area contributed by atoms with Crippen LogP contribution in [0.2, 0.25) is 5.02 Å². The van der Waals surface area contributed by atoms with Gasteiger partial charge < -0.3 is 5.73 Å². The molecule has 146 valence electrons. The number of nitrogens with zero attached hydrogens (tertiary/aromatic N) is 2. The Morgan fingerprint density at radius 1 is 1.14 bits per heavy atom. The number of aryl methyl sites for hydroxylation is 2. The van der Waals surface area contributed by atoms with Gasteiger partial charge in [0.25, 0.3) is 0 Å². The molecular formula is C24H22ClN3O. The quantitative estimate of drug-likeness (QED) is 0.742. The topological polar surface area (TPSA) is 70.1 Å². The van der Waals surface area contributed by atoms with E-state index in [1.807, 2.05) is 43.0 Å². The minimum atomic E-state index is -0.424. The molecule has 0 saturated carbocycles. The lowest BCUT2D eigenvalue weighted by atomic mass is 9.74. The van der Waals surface area contributed by atoms with Crippen LogP contribution in [0.25, 0.3) is 0 Å². The highest BCUT2D eigenvalue weighted by Gasteiger charge is 2.40. The number of hydrogen-bond acceptors (Lipinski definition) is 4. The first-order valence-corrected chi connectivity index (χ1v) is 10.1. The number of rotatable bonds is 2. The van der Waals surface area contributed by atoms with E-state index in [1.54, 1.807) is 12.1 Å². The Morgan fingerprint density at radius 2 is 1.86 bits per heavy atom. The van der Waals surface area contributed by atoms with Gasteiger partial charge in [0.15, 0.2) is 5.78 Å². The van der Waals surface area contributed by atoms with Crippen molar-refractivity contribution in [2.45, 2.75) is 39.0 Å². The molecular weight excluding hydrogens is 382 g/mol. The summed E-state index contributed by atoms with van der Waals surface area (Å²) in [7, 11) is 0. The number of anilines is 1. The van der Waals surface area contributed by atoms with Gasteiger partial charge in [-0.1, -0.05) is 35.4 Å². The van der Waals surface area contributed by atoms with Crippen LogP contribution in [0.3, 0.4) is 0 Å². The van der Waals surface area contributed by atoms with E-state index in [9.17, 15) is 10.1 Å². The number of Topliss-reactive ketones (excluding diaryl/α,β-unsaturated/α-hetero) is 1. The van der Waals surface area contributed by atoms with Gasteiger partial charge in [-0.3, -0.25) is 9.69 Å². The molecule has 2 aromatic rings. The van der Waals surface area contributed by atoms with Crippen LogP contribution >= 0.6 is 11.6 Å². The normalized spacial score (nSPS) is 19.3. The first-order chi connectivity index (χ1) is 13.9. The fourth-order valence-electron chi connectivity index (χ4n) is 4.43. The van der Waals surface area contributed by atoms with Crippen molar-refractivity contribution in [3.05, 3.63) is 86.8 Å². The molecule has 0 saturated heterocycles. The summed E-state index contributed by atoms with van der Waals surface area (Å²) in [5.41, 5.74) is 12.5. The SMILES string of the molecule is Cc1ccc(C2C(C#N)=C(N)N(c3ccc(Cl)cc3)C3=C2C(=O)CCC3)c(C)c1. The lowest BCUT2D eigenvalue weighted by molar-refractivity contribution is -0.116. The molecule has 5 heteroatoms. The third-order valence-electron chi connectivity index (χ3n) is 5.73. The van der Waals surface area contributed by atoms with Crippen LogP contribution in [-0.2, 0) is 4.79 Å². The number of nitrogens with two attached hydrogens (primary N) is 1. The third kappa shape index (κ3) is 3.22. The molecule has 0 bridgehead atoms. The number of hydrogen-bond donors (Lipinski definition) is 1. The van der Waals surface area contributed by atoms with Crippen LogP contribution in [-0.4, -0.2) is 5.78 Å². The minimum Gasteiger partial charge on any atom is -0.384 e. The van der Waals surface area contributed by atoms with Crippen LogP contribution in [0.5, 0.6) is 0 Å².